The molecule has 0 saturated carbocycles. The summed E-state index contributed by atoms with van der Waals surface area (Å²) < 4.78 is 4.99. The van der Waals surface area contributed by atoms with Crippen molar-refractivity contribution in [3.05, 3.63) is 22.4 Å². The fraction of sp³-hybridized carbons (Fsp3) is 0.500. The minimum Gasteiger partial charge on any atom is -0.370 e. The Bertz CT molecular complexity index is 296. The molecule has 1 aromatic heterocycles. The van der Waals surface area contributed by atoms with E-state index in [4.69, 9.17) is 10.5 Å². The Kier molecular flexibility index (Phi) is 4.74. The smallest absolute Gasteiger partial charge is 0.253 e. The molecule has 5 heteroatoms. The molecule has 0 fully saturated rings. The topological polar surface area (TPSA) is 55.6 Å². The Morgan fingerprint density at radius 3 is 2.93 bits per heavy atom. The maximum Gasteiger partial charge on any atom is 0.253 e. The number of nitrogens with zero attached hydrogens (tertiary/aromatic N) is 1. The minimum atomic E-state index is -0.532. The third-order valence-corrected chi connectivity index (χ3v) is 2.98. The van der Waals surface area contributed by atoms with Crippen molar-refractivity contribution in [2.45, 2.75) is 12.6 Å². The standard InChI is InChI=1S/C10H16N2O2S/c1-12(7-8-4-3-5-15-8)10(13)9(6-11)14-2/h3-5,9H,6-7,11H2,1-2H3. The maximum atomic E-state index is 11.8. The molecule has 0 saturated heterocycles. The van der Waals surface area contributed by atoms with E-state index in [1.165, 1.54) is 7.11 Å². The zero-order chi connectivity index (χ0) is 11.3. The summed E-state index contributed by atoms with van der Waals surface area (Å²) in [6.07, 6.45) is -0.532. The van der Waals surface area contributed by atoms with Crippen LogP contribution in [0.2, 0.25) is 0 Å². The molecule has 1 heterocycles. The van der Waals surface area contributed by atoms with Gasteiger partial charge in [-0.1, -0.05) is 6.07 Å². The molecule has 0 aliphatic rings. The molecule has 0 spiro atoms. The highest BCUT2D eigenvalue weighted by atomic mass is 32.1. The van der Waals surface area contributed by atoms with Crippen molar-refractivity contribution >= 4 is 17.2 Å². The molecule has 1 aromatic rings. The van der Waals surface area contributed by atoms with Crippen LogP contribution in [0.25, 0.3) is 0 Å². The van der Waals surface area contributed by atoms with Crippen LogP contribution in [0.3, 0.4) is 0 Å². The van der Waals surface area contributed by atoms with Crippen LogP contribution >= 0.6 is 11.3 Å². The summed E-state index contributed by atoms with van der Waals surface area (Å²) in [6, 6.07) is 3.97. The van der Waals surface area contributed by atoms with E-state index < -0.39 is 6.10 Å². The zero-order valence-electron chi connectivity index (χ0n) is 8.97. The van der Waals surface area contributed by atoms with E-state index in [1.807, 2.05) is 17.5 Å². The monoisotopic (exact) mass is 228 g/mol. The van der Waals surface area contributed by atoms with Gasteiger partial charge >= 0.3 is 0 Å². The van der Waals surface area contributed by atoms with E-state index in [2.05, 4.69) is 0 Å². The lowest BCUT2D eigenvalue weighted by atomic mass is 10.3. The number of thiophene rings is 1. The van der Waals surface area contributed by atoms with E-state index in [1.54, 1.807) is 23.3 Å². The number of rotatable bonds is 5. The summed E-state index contributed by atoms with van der Waals surface area (Å²) in [5, 5.41) is 1.99. The number of hydrogen-bond acceptors (Lipinski definition) is 4. The number of hydrogen-bond donors (Lipinski definition) is 1. The quantitative estimate of drug-likeness (QED) is 0.806. The second-order valence-electron chi connectivity index (χ2n) is 3.23. The van der Waals surface area contributed by atoms with Crippen molar-refractivity contribution < 1.29 is 9.53 Å². The molecule has 0 bridgehead atoms. The molecular weight excluding hydrogens is 212 g/mol. The molecule has 0 aliphatic carbocycles. The number of amides is 1. The van der Waals surface area contributed by atoms with Gasteiger partial charge in [0.05, 0.1) is 6.54 Å². The van der Waals surface area contributed by atoms with Crippen LogP contribution in [-0.2, 0) is 16.1 Å². The van der Waals surface area contributed by atoms with E-state index in [0.29, 0.717) is 6.54 Å². The van der Waals surface area contributed by atoms with Gasteiger partial charge in [0, 0.05) is 25.6 Å². The molecule has 1 unspecified atom stereocenters. The van der Waals surface area contributed by atoms with Crippen molar-refractivity contribution in [1.82, 2.24) is 4.90 Å². The van der Waals surface area contributed by atoms with Crippen molar-refractivity contribution in [3.63, 3.8) is 0 Å². The first-order chi connectivity index (χ1) is 7.19. The number of likely N-dealkylation sites (N-methyl/N-ethyl adjacent to an activating group) is 1. The van der Waals surface area contributed by atoms with Crippen LogP contribution in [0, 0.1) is 0 Å². The van der Waals surface area contributed by atoms with Crippen molar-refractivity contribution in [3.8, 4) is 0 Å². The second kappa shape index (κ2) is 5.85. The van der Waals surface area contributed by atoms with Gasteiger partial charge in [-0.25, -0.2) is 0 Å². The summed E-state index contributed by atoms with van der Waals surface area (Å²) in [7, 11) is 3.25. The second-order valence-corrected chi connectivity index (χ2v) is 4.27. The average molecular weight is 228 g/mol. The fourth-order valence-corrected chi connectivity index (χ4v) is 2.02. The van der Waals surface area contributed by atoms with Gasteiger partial charge in [0.2, 0.25) is 0 Å². The highest BCUT2D eigenvalue weighted by molar-refractivity contribution is 7.09. The molecule has 1 amide bonds. The van der Waals surface area contributed by atoms with Crippen molar-refractivity contribution in [1.29, 1.82) is 0 Å². The molecule has 2 N–H and O–H groups in total. The van der Waals surface area contributed by atoms with E-state index in [0.717, 1.165) is 4.88 Å². The molecule has 84 valence electrons. The molecule has 0 aliphatic heterocycles. The van der Waals surface area contributed by atoms with Gasteiger partial charge in [0.25, 0.3) is 5.91 Å². The third kappa shape index (κ3) is 3.30. The van der Waals surface area contributed by atoms with Crippen molar-refractivity contribution in [2.75, 3.05) is 20.7 Å². The number of nitrogens with two attached hydrogens (primary N) is 1. The average Bonchev–Trinajstić information content (AvgIpc) is 2.72. The predicted molar refractivity (Wildman–Crippen MR) is 60.6 cm³/mol. The number of carbonyl (C=O) groups is 1. The van der Waals surface area contributed by atoms with Crippen LogP contribution in [0.15, 0.2) is 17.5 Å². The number of ether oxygens (including phenoxy) is 1. The lowest BCUT2D eigenvalue weighted by Gasteiger charge is -2.21. The van der Waals surface area contributed by atoms with Gasteiger partial charge in [-0.3, -0.25) is 4.79 Å². The first kappa shape index (κ1) is 12.2. The van der Waals surface area contributed by atoms with E-state index in [-0.39, 0.29) is 12.5 Å². The maximum absolute atomic E-state index is 11.8. The first-order valence-corrected chi connectivity index (χ1v) is 5.57. The molecular formula is C10H16N2O2S. The van der Waals surface area contributed by atoms with Crippen LogP contribution in [-0.4, -0.2) is 37.6 Å². The Labute approximate surface area is 93.6 Å². The molecule has 0 radical (unpaired) electrons. The lowest BCUT2D eigenvalue weighted by Crippen LogP contribution is -2.41. The van der Waals surface area contributed by atoms with Gasteiger partial charge in [0.15, 0.2) is 0 Å². The van der Waals surface area contributed by atoms with E-state index in [9.17, 15) is 4.79 Å². The molecule has 1 rings (SSSR count). The van der Waals surface area contributed by atoms with Gasteiger partial charge in [-0.05, 0) is 11.4 Å². The van der Waals surface area contributed by atoms with Crippen LogP contribution in [0.1, 0.15) is 4.88 Å². The SMILES string of the molecule is COC(CN)C(=O)N(C)Cc1cccs1. The number of methoxy groups -OCH3 is 1. The van der Waals surface area contributed by atoms with Crippen molar-refractivity contribution in [2.24, 2.45) is 5.73 Å². The van der Waals surface area contributed by atoms with Gasteiger partial charge < -0.3 is 15.4 Å². The highest BCUT2D eigenvalue weighted by Gasteiger charge is 2.20. The van der Waals surface area contributed by atoms with Crippen LogP contribution < -0.4 is 5.73 Å². The van der Waals surface area contributed by atoms with Crippen LogP contribution in [0.5, 0.6) is 0 Å². The fourth-order valence-electron chi connectivity index (χ4n) is 1.26. The van der Waals surface area contributed by atoms with Gasteiger partial charge in [-0.2, -0.15) is 0 Å². The summed E-state index contributed by atoms with van der Waals surface area (Å²) >= 11 is 1.63. The molecule has 1 atom stereocenters. The van der Waals surface area contributed by atoms with Gasteiger partial charge in [-0.15, -0.1) is 11.3 Å². The summed E-state index contributed by atoms with van der Waals surface area (Å²) in [4.78, 5) is 14.5. The summed E-state index contributed by atoms with van der Waals surface area (Å²) in [6.45, 7) is 0.820. The largest absolute Gasteiger partial charge is 0.370 e. The Morgan fingerprint density at radius 2 is 2.47 bits per heavy atom. The Balaban J connectivity index is 2.53. The summed E-state index contributed by atoms with van der Waals surface area (Å²) in [5.41, 5.74) is 5.43. The Morgan fingerprint density at radius 1 is 1.73 bits per heavy atom. The van der Waals surface area contributed by atoms with Crippen LogP contribution in [0.4, 0.5) is 0 Å². The minimum absolute atomic E-state index is 0.0756. The number of carbonyl (C=O) groups excluding carboxylic acids is 1. The first-order valence-electron chi connectivity index (χ1n) is 4.69. The zero-order valence-corrected chi connectivity index (χ0v) is 9.79. The predicted octanol–water partition coefficient (Wildman–Crippen LogP) is 0.680. The summed E-state index contributed by atoms with van der Waals surface area (Å²) in [5.74, 6) is -0.0756. The molecule has 4 nitrogen and oxygen atoms in total. The molecule has 0 aromatic carbocycles. The Hall–Kier alpha value is -0.910. The molecule has 15 heavy (non-hydrogen) atoms. The third-order valence-electron chi connectivity index (χ3n) is 2.12. The highest BCUT2D eigenvalue weighted by Crippen LogP contribution is 2.11. The van der Waals surface area contributed by atoms with Gasteiger partial charge in [0.1, 0.15) is 6.10 Å². The lowest BCUT2D eigenvalue weighted by molar-refractivity contribution is -0.140. The normalized spacial score (nSPS) is 12.5. The van der Waals surface area contributed by atoms with E-state index >= 15 is 0 Å².